The van der Waals surface area contributed by atoms with Gasteiger partial charge in [-0.25, -0.2) is 13.2 Å². The lowest BCUT2D eigenvalue weighted by molar-refractivity contribution is 0.300. The number of fused-ring (bicyclic) bond motifs is 1. The zero-order chi connectivity index (χ0) is 21.4. The molecule has 3 atom stereocenters. The molecule has 5 rings (SSSR count). The van der Waals surface area contributed by atoms with Gasteiger partial charge in [0.2, 0.25) is 0 Å². The molecule has 1 N–H and O–H groups in total. The quantitative estimate of drug-likeness (QED) is 0.628. The Morgan fingerprint density at radius 2 is 1.77 bits per heavy atom. The molecule has 2 fully saturated rings. The summed E-state index contributed by atoms with van der Waals surface area (Å²) in [6.45, 7) is 3.01. The molecule has 1 aromatic carbocycles. The minimum atomic E-state index is -1.24. The standard InChI is InChI=1S/C22H21F3N6/c23-16-7-18(22(25)19(24)8-16)20-1-2-21(30-29-20)28-17-5-14-11-31(12-15(14)6-17)10-13-3-4-26-27-9-13/h1-4,7-9,14-15,17H,5-6,10-12H2,(H,28,30)/t14-,15+,17+. The van der Waals surface area contributed by atoms with Crippen molar-refractivity contribution in [3.63, 3.8) is 0 Å². The molecule has 160 valence electrons. The number of aromatic nitrogens is 4. The number of halogens is 3. The average Bonchev–Trinajstić information content (AvgIpc) is 3.30. The Kier molecular flexibility index (Phi) is 5.27. The fourth-order valence-corrected chi connectivity index (χ4v) is 4.82. The number of likely N-dealkylation sites (tertiary alicyclic amines) is 1. The molecule has 1 saturated carbocycles. The molecule has 1 saturated heterocycles. The third kappa shape index (κ3) is 4.23. The first-order chi connectivity index (χ1) is 15.0. The lowest BCUT2D eigenvalue weighted by Gasteiger charge is -2.19. The van der Waals surface area contributed by atoms with E-state index in [2.05, 4.69) is 30.6 Å². The number of nitrogens with zero attached hydrogens (tertiary/aromatic N) is 5. The Morgan fingerprint density at radius 1 is 0.968 bits per heavy atom. The van der Waals surface area contributed by atoms with E-state index in [1.807, 2.05) is 12.3 Å². The van der Waals surface area contributed by atoms with Crippen LogP contribution in [0.1, 0.15) is 18.4 Å². The Morgan fingerprint density at radius 3 is 2.45 bits per heavy atom. The van der Waals surface area contributed by atoms with Gasteiger partial charge in [-0.15, -0.1) is 10.2 Å². The molecule has 3 aromatic rings. The highest BCUT2D eigenvalue weighted by Crippen LogP contribution is 2.39. The van der Waals surface area contributed by atoms with Crippen LogP contribution in [0.15, 0.2) is 42.7 Å². The van der Waals surface area contributed by atoms with Crippen molar-refractivity contribution >= 4 is 5.82 Å². The van der Waals surface area contributed by atoms with Crippen LogP contribution >= 0.6 is 0 Å². The lowest BCUT2D eigenvalue weighted by atomic mass is 10.0. The van der Waals surface area contributed by atoms with E-state index in [4.69, 9.17) is 0 Å². The smallest absolute Gasteiger partial charge is 0.168 e. The molecule has 9 heteroatoms. The Hall–Kier alpha value is -3.07. The van der Waals surface area contributed by atoms with E-state index in [1.54, 1.807) is 12.3 Å². The van der Waals surface area contributed by atoms with Gasteiger partial charge < -0.3 is 5.32 Å². The van der Waals surface area contributed by atoms with E-state index < -0.39 is 17.5 Å². The van der Waals surface area contributed by atoms with Crippen LogP contribution in [0, 0.1) is 29.3 Å². The van der Waals surface area contributed by atoms with Gasteiger partial charge in [0.05, 0.1) is 11.9 Å². The van der Waals surface area contributed by atoms with Crippen molar-refractivity contribution in [1.29, 1.82) is 0 Å². The van der Waals surface area contributed by atoms with Crippen molar-refractivity contribution in [2.24, 2.45) is 11.8 Å². The van der Waals surface area contributed by atoms with Crippen LogP contribution in [0.25, 0.3) is 11.3 Å². The van der Waals surface area contributed by atoms with E-state index >= 15 is 0 Å². The van der Waals surface area contributed by atoms with Gasteiger partial charge >= 0.3 is 0 Å². The Balaban J connectivity index is 1.18. The van der Waals surface area contributed by atoms with Crippen LogP contribution in [-0.4, -0.2) is 44.4 Å². The number of hydrogen-bond donors (Lipinski definition) is 1. The Bertz CT molecular complexity index is 1050. The molecule has 6 nitrogen and oxygen atoms in total. The summed E-state index contributed by atoms with van der Waals surface area (Å²) in [7, 11) is 0. The lowest BCUT2D eigenvalue weighted by Crippen LogP contribution is -2.25. The van der Waals surface area contributed by atoms with Gasteiger partial charge in [0, 0.05) is 43.5 Å². The summed E-state index contributed by atoms with van der Waals surface area (Å²) in [6, 6.07) is 6.91. The summed E-state index contributed by atoms with van der Waals surface area (Å²) in [5.74, 6) is -1.40. The minimum absolute atomic E-state index is 0.0889. The fourth-order valence-electron chi connectivity index (χ4n) is 4.82. The normalized spacial score (nSPS) is 23.1. The zero-order valence-electron chi connectivity index (χ0n) is 16.7. The number of nitrogens with one attached hydrogen (secondary N) is 1. The first kappa shape index (κ1) is 19.9. The molecule has 0 amide bonds. The summed E-state index contributed by atoms with van der Waals surface area (Å²) in [6.07, 6.45) is 5.62. The second kappa shape index (κ2) is 8.22. The fraction of sp³-hybridized carbons (Fsp3) is 0.364. The first-order valence-electron chi connectivity index (χ1n) is 10.3. The summed E-state index contributed by atoms with van der Waals surface area (Å²) < 4.78 is 40.8. The van der Waals surface area contributed by atoms with Gasteiger partial charge in [0.25, 0.3) is 0 Å². The average molecular weight is 426 g/mol. The van der Waals surface area contributed by atoms with Crippen molar-refractivity contribution in [3.05, 3.63) is 65.7 Å². The molecule has 1 aliphatic carbocycles. The topological polar surface area (TPSA) is 66.8 Å². The van der Waals surface area contributed by atoms with Crippen molar-refractivity contribution in [2.45, 2.75) is 25.4 Å². The summed E-state index contributed by atoms with van der Waals surface area (Å²) in [5.41, 5.74) is 1.03. The zero-order valence-corrected chi connectivity index (χ0v) is 16.7. The third-order valence-corrected chi connectivity index (χ3v) is 6.16. The van der Waals surface area contributed by atoms with Crippen LogP contribution in [0.5, 0.6) is 0 Å². The maximum Gasteiger partial charge on any atom is 0.168 e. The molecule has 0 unspecified atom stereocenters. The van der Waals surface area contributed by atoms with E-state index in [-0.39, 0.29) is 11.3 Å². The van der Waals surface area contributed by atoms with Gasteiger partial charge in [-0.3, -0.25) is 4.90 Å². The highest BCUT2D eigenvalue weighted by molar-refractivity contribution is 5.60. The van der Waals surface area contributed by atoms with Crippen molar-refractivity contribution in [3.8, 4) is 11.3 Å². The molecule has 0 radical (unpaired) electrons. The van der Waals surface area contributed by atoms with Gasteiger partial charge in [0.15, 0.2) is 11.6 Å². The highest BCUT2D eigenvalue weighted by atomic mass is 19.2. The number of benzene rings is 1. The number of hydrogen-bond acceptors (Lipinski definition) is 6. The maximum atomic E-state index is 14.0. The van der Waals surface area contributed by atoms with Gasteiger partial charge in [-0.1, -0.05) is 0 Å². The molecule has 2 aromatic heterocycles. The largest absolute Gasteiger partial charge is 0.366 e. The van der Waals surface area contributed by atoms with Crippen LogP contribution in [0.3, 0.4) is 0 Å². The number of rotatable bonds is 5. The molecular weight excluding hydrogens is 405 g/mol. The first-order valence-corrected chi connectivity index (χ1v) is 10.3. The van der Waals surface area contributed by atoms with Crippen molar-refractivity contribution < 1.29 is 13.2 Å². The molecule has 0 spiro atoms. The summed E-state index contributed by atoms with van der Waals surface area (Å²) in [4.78, 5) is 2.46. The van der Waals surface area contributed by atoms with E-state index in [0.29, 0.717) is 29.8 Å². The molecule has 0 bridgehead atoms. The summed E-state index contributed by atoms with van der Waals surface area (Å²) in [5, 5.41) is 19.2. The van der Waals surface area contributed by atoms with Gasteiger partial charge in [-0.2, -0.15) is 10.2 Å². The van der Waals surface area contributed by atoms with Crippen LogP contribution in [0.2, 0.25) is 0 Å². The van der Waals surface area contributed by atoms with Crippen LogP contribution in [0.4, 0.5) is 19.0 Å². The van der Waals surface area contributed by atoms with Crippen LogP contribution in [-0.2, 0) is 6.54 Å². The molecule has 3 heterocycles. The van der Waals surface area contributed by atoms with Crippen molar-refractivity contribution in [2.75, 3.05) is 18.4 Å². The molecule has 31 heavy (non-hydrogen) atoms. The maximum absolute atomic E-state index is 14.0. The van der Waals surface area contributed by atoms with Crippen molar-refractivity contribution in [1.82, 2.24) is 25.3 Å². The number of anilines is 1. The van der Waals surface area contributed by atoms with E-state index in [0.717, 1.165) is 38.5 Å². The molecule has 1 aliphatic heterocycles. The van der Waals surface area contributed by atoms with E-state index in [1.165, 1.54) is 11.6 Å². The second-order valence-corrected chi connectivity index (χ2v) is 8.33. The monoisotopic (exact) mass is 426 g/mol. The van der Waals surface area contributed by atoms with Gasteiger partial charge in [0.1, 0.15) is 11.6 Å². The molecular formula is C22H21F3N6. The van der Waals surface area contributed by atoms with E-state index in [9.17, 15) is 13.2 Å². The van der Waals surface area contributed by atoms with Crippen LogP contribution < -0.4 is 5.32 Å². The SMILES string of the molecule is Fc1cc(F)c(F)c(-c2ccc(N[C@H]3C[C@@H]4CN(Cc5ccnnc5)C[C@@H]4C3)nn2)c1. The second-order valence-electron chi connectivity index (χ2n) is 8.33. The summed E-state index contributed by atoms with van der Waals surface area (Å²) >= 11 is 0. The highest BCUT2D eigenvalue weighted by Gasteiger charge is 2.40. The predicted molar refractivity (Wildman–Crippen MR) is 108 cm³/mol. The Labute approximate surface area is 177 Å². The molecule has 2 aliphatic rings. The predicted octanol–water partition coefficient (Wildman–Crippen LogP) is 3.67. The minimum Gasteiger partial charge on any atom is -0.366 e. The third-order valence-electron chi connectivity index (χ3n) is 6.16. The van der Waals surface area contributed by atoms with Gasteiger partial charge in [-0.05, 0) is 54.5 Å².